The van der Waals surface area contributed by atoms with Crippen molar-refractivity contribution in [1.82, 2.24) is 20.4 Å². The highest BCUT2D eigenvalue weighted by Gasteiger charge is 2.12. The van der Waals surface area contributed by atoms with Crippen LogP contribution in [0.2, 0.25) is 10.0 Å². The molecule has 2 aromatic carbocycles. The van der Waals surface area contributed by atoms with Crippen LogP contribution in [0.3, 0.4) is 0 Å². The summed E-state index contributed by atoms with van der Waals surface area (Å²) < 4.78 is 0. The Morgan fingerprint density at radius 3 is 2.31 bits per heavy atom. The van der Waals surface area contributed by atoms with Crippen molar-refractivity contribution >= 4 is 46.8 Å². The third-order valence-corrected chi connectivity index (χ3v) is 4.35. The maximum atomic E-state index is 11.0. The summed E-state index contributed by atoms with van der Waals surface area (Å²) in [6.45, 7) is 0. The molecule has 2 amide bonds. The van der Waals surface area contributed by atoms with Gasteiger partial charge in [0.2, 0.25) is 11.9 Å². The number of anilines is 3. The highest BCUT2D eigenvalue weighted by molar-refractivity contribution is 6.36. The van der Waals surface area contributed by atoms with Crippen molar-refractivity contribution in [2.24, 2.45) is 5.73 Å². The van der Waals surface area contributed by atoms with Gasteiger partial charge in [-0.05, 0) is 42.0 Å². The summed E-state index contributed by atoms with van der Waals surface area (Å²) in [5, 5.41) is 12.9. The quantitative estimate of drug-likeness (QED) is 0.440. The molecule has 3 rings (SSSR count). The molecule has 11 heteroatoms. The monoisotopic (exact) mass is 428 g/mol. The van der Waals surface area contributed by atoms with E-state index in [9.17, 15) is 4.79 Å². The lowest BCUT2D eigenvalue weighted by Gasteiger charge is -2.11. The molecule has 0 spiro atoms. The minimum absolute atomic E-state index is 0.0631. The molecular formula is C18H14Cl2N8O. The Morgan fingerprint density at radius 1 is 1.03 bits per heavy atom. The van der Waals surface area contributed by atoms with E-state index in [4.69, 9.17) is 34.2 Å². The standard InChI is InChI=1S/C18H14Cl2N8O/c19-13-2-1-3-14(20)12(13)8-15-24-17(26-18(25-15)28-27-16(22)29)23-11-6-4-10(9-21)5-7-11/h1-7H,8H2,(H3,22,27,29)(H2,23,24,25,26,28). The Balaban J connectivity index is 1.92. The first-order valence-electron chi connectivity index (χ1n) is 8.21. The molecule has 0 radical (unpaired) electrons. The zero-order valence-corrected chi connectivity index (χ0v) is 16.3. The van der Waals surface area contributed by atoms with Gasteiger partial charge in [-0.3, -0.25) is 5.43 Å². The molecule has 0 bridgehead atoms. The van der Waals surface area contributed by atoms with E-state index in [1.165, 1.54) is 0 Å². The second-order valence-corrected chi connectivity index (χ2v) is 6.52. The largest absolute Gasteiger partial charge is 0.350 e. The topological polar surface area (TPSA) is 142 Å². The average Bonchev–Trinajstić information content (AvgIpc) is 2.70. The molecule has 0 unspecified atom stereocenters. The number of rotatable bonds is 6. The van der Waals surface area contributed by atoms with Crippen LogP contribution in [-0.4, -0.2) is 21.0 Å². The molecular weight excluding hydrogens is 415 g/mol. The second kappa shape index (κ2) is 9.05. The lowest BCUT2D eigenvalue weighted by molar-refractivity contribution is 0.250. The number of nitrogens with one attached hydrogen (secondary N) is 3. The first kappa shape index (κ1) is 20.1. The highest BCUT2D eigenvalue weighted by Crippen LogP contribution is 2.26. The van der Waals surface area contributed by atoms with Crippen molar-refractivity contribution in [2.45, 2.75) is 6.42 Å². The molecule has 3 aromatic rings. The second-order valence-electron chi connectivity index (χ2n) is 5.70. The van der Waals surface area contributed by atoms with Crippen molar-refractivity contribution in [3.63, 3.8) is 0 Å². The Bertz CT molecular complexity index is 1060. The number of nitrogens with two attached hydrogens (primary N) is 1. The van der Waals surface area contributed by atoms with Gasteiger partial charge in [0.1, 0.15) is 5.82 Å². The van der Waals surface area contributed by atoms with E-state index in [1.807, 2.05) is 6.07 Å². The van der Waals surface area contributed by atoms with Gasteiger partial charge >= 0.3 is 6.03 Å². The molecule has 146 valence electrons. The molecule has 0 aliphatic rings. The minimum atomic E-state index is -0.803. The fraction of sp³-hybridized carbons (Fsp3) is 0.0556. The molecule has 0 aliphatic heterocycles. The fourth-order valence-electron chi connectivity index (χ4n) is 2.34. The van der Waals surface area contributed by atoms with E-state index in [1.54, 1.807) is 42.5 Å². The molecule has 9 nitrogen and oxygen atoms in total. The number of benzene rings is 2. The van der Waals surface area contributed by atoms with Gasteiger partial charge in [-0.1, -0.05) is 29.3 Å². The number of amides is 2. The third-order valence-electron chi connectivity index (χ3n) is 3.65. The van der Waals surface area contributed by atoms with E-state index in [-0.39, 0.29) is 18.3 Å². The van der Waals surface area contributed by atoms with Crippen LogP contribution in [0.25, 0.3) is 0 Å². The highest BCUT2D eigenvalue weighted by atomic mass is 35.5. The third kappa shape index (κ3) is 5.44. The van der Waals surface area contributed by atoms with Gasteiger partial charge in [-0.25, -0.2) is 10.2 Å². The normalized spacial score (nSPS) is 10.1. The van der Waals surface area contributed by atoms with Crippen LogP contribution in [0.15, 0.2) is 42.5 Å². The first-order valence-corrected chi connectivity index (χ1v) is 8.96. The molecule has 0 fully saturated rings. The molecule has 0 aliphatic carbocycles. The zero-order valence-electron chi connectivity index (χ0n) is 14.8. The molecule has 1 aromatic heterocycles. The summed E-state index contributed by atoms with van der Waals surface area (Å²) in [7, 11) is 0. The molecule has 5 N–H and O–H groups in total. The Morgan fingerprint density at radius 2 is 1.69 bits per heavy atom. The van der Waals surface area contributed by atoms with Crippen LogP contribution >= 0.6 is 23.2 Å². The fourth-order valence-corrected chi connectivity index (χ4v) is 2.88. The number of aromatic nitrogens is 3. The van der Waals surface area contributed by atoms with Gasteiger partial charge in [0.05, 0.1) is 11.6 Å². The van der Waals surface area contributed by atoms with Crippen molar-refractivity contribution in [3.05, 3.63) is 69.5 Å². The number of hydrazine groups is 1. The number of hydrogen-bond donors (Lipinski definition) is 4. The summed E-state index contributed by atoms with van der Waals surface area (Å²) in [5.74, 6) is 0.615. The van der Waals surface area contributed by atoms with Crippen LogP contribution in [0.4, 0.5) is 22.4 Å². The number of nitrogens with zero attached hydrogens (tertiary/aromatic N) is 4. The number of primary amides is 1. The summed E-state index contributed by atoms with van der Waals surface area (Å²) >= 11 is 12.5. The van der Waals surface area contributed by atoms with Crippen molar-refractivity contribution < 1.29 is 4.79 Å². The first-order chi connectivity index (χ1) is 13.9. The zero-order chi connectivity index (χ0) is 20.8. The molecule has 0 saturated carbocycles. The van der Waals surface area contributed by atoms with E-state index >= 15 is 0 Å². The number of hydrogen-bond acceptors (Lipinski definition) is 7. The number of halogens is 2. The van der Waals surface area contributed by atoms with Crippen LogP contribution in [0.1, 0.15) is 17.0 Å². The van der Waals surface area contributed by atoms with Gasteiger partial charge in [-0.15, -0.1) is 0 Å². The lowest BCUT2D eigenvalue weighted by Crippen LogP contribution is -2.35. The predicted molar refractivity (Wildman–Crippen MR) is 110 cm³/mol. The van der Waals surface area contributed by atoms with Gasteiger partial charge in [0.25, 0.3) is 0 Å². The van der Waals surface area contributed by atoms with Gasteiger partial charge in [0.15, 0.2) is 0 Å². The van der Waals surface area contributed by atoms with E-state index in [2.05, 4.69) is 31.1 Å². The number of nitriles is 1. The van der Waals surface area contributed by atoms with Crippen LogP contribution in [-0.2, 0) is 6.42 Å². The molecule has 1 heterocycles. The van der Waals surface area contributed by atoms with E-state index in [0.29, 0.717) is 32.7 Å². The molecule has 29 heavy (non-hydrogen) atoms. The average molecular weight is 429 g/mol. The smallest absolute Gasteiger partial charge is 0.330 e. The van der Waals surface area contributed by atoms with Crippen molar-refractivity contribution in [1.29, 1.82) is 5.26 Å². The summed E-state index contributed by atoms with van der Waals surface area (Å²) in [4.78, 5) is 23.8. The maximum absolute atomic E-state index is 11.0. The minimum Gasteiger partial charge on any atom is -0.350 e. The predicted octanol–water partition coefficient (Wildman–Crippen LogP) is 3.38. The summed E-state index contributed by atoms with van der Waals surface area (Å²) in [5.41, 5.74) is 11.6. The lowest BCUT2D eigenvalue weighted by atomic mass is 10.1. The Hall–Kier alpha value is -3.61. The van der Waals surface area contributed by atoms with E-state index < -0.39 is 6.03 Å². The van der Waals surface area contributed by atoms with Crippen molar-refractivity contribution in [3.8, 4) is 6.07 Å². The van der Waals surface area contributed by atoms with Crippen LogP contribution < -0.4 is 21.9 Å². The van der Waals surface area contributed by atoms with Gasteiger partial charge in [-0.2, -0.15) is 20.2 Å². The SMILES string of the molecule is N#Cc1ccc(Nc2nc(Cc3c(Cl)cccc3Cl)nc(NNC(N)=O)n2)cc1. The maximum Gasteiger partial charge on any atom is 0.330 e. The Labute approximate surface area is 175 Å². The molecule has 0 saturated heterocycles. The van der Waals surface area contributed by atoms with Crippen LogP contribution in [0, 0.1) is 11.3 Å². The number of urea groups is 1. The summed E-state index contributed by atoms with van der Waals surface area (Å²) in [6, 6.07) is 13.1. The van der Waals surface area contributed by atoms with Gasteiger partial charge in [0, 0.05) is 22.2 Å². The van der Waals surface area contributed by atoms with Gasteiger partial charge < -0.3 is 11.1 Å². The molecule has 0 atom stereocenters. The van der Waals surface area contributed by atoms with Crippen molar-refractivity contribution in [2.75, 3.05) is 10.7 Å². The van der Waals surface area contributed by atoms with E-state index in [0.717, 1.165) is 0 Å². The Kier molecular flexibility index (Phi) is 6.29. The van der Waals surface area contributed by atoms with Crippen LogP contribution in [0.5, 0.6) is 0 Å². The number of carbonyl (C=O) groups is 1. The number of carbonyl (C=O) groups excluding carboxylic acids is 1. The summed E-state index contributed by atoms with van der Waals surface area (Å²) in [6.07, 6.45) is 0.230.